The monoisotopic (exact) mass is 179 g/mol. The number of benzene rings is 1. The Labute approximate surface area is 76.9 Å². The predicted molar refractivity (Wildman–Crippen MR) is 49.3 cm³/mol. The number of hydrogen-bond acceptors (Lipinski definition) is 3. The first-order valence-corrected chi connectivity index (χ1v) is 3.89. The third-order valence-electron chi connectivity index (χ3n) is 1.55. The second-order valence-corrected chi connectivity index (χ2v) is 3.08. The molecule has 0 aliphatic heterocycles. The van der Waals surface area contributed by atoms with E-state index in [2.05, 4.69) is 6.07 Å². The van der Waals surface area contributed by atoms with E-state index in [1.54, 1.807) is 12.1 Å². The van der Waals surface area contributed by atoms with E-state index < -0.39 is 4.92 Å². The average molecular weight is 179 g/mol. The lowest BCUT2D eigenvalue weighted by Gasteiger charge is -2.08. The van der Waals surface area contributed by atoms with Gasteiger partial charge in [-0.2, -0.15) is 0 Å². The third kappa shape index (κ3) is 2.83. The summed E-state index contributed by atoms with van der Waals surface area (Å²) < 4.78 is 0. The molecule has 13 heavy (non-hydrogen) atoms. The van der Waals surface area contributed by atoms with Crippen LogP contribution in [0.3, 0.4) is 0 Å². The third-order valence-corrected chi connectivity index (χ3v) is 1.55. The molecule has 0 saturated heterocycles. The molecule has 0 aliphatic rings. The summed E-state index contributed by atoms with van der Waals surface area (Å²) in [5.41, 5.74) is 0.954. The van der Waals surface area contributed by atoms with Crippen LogP contribution in [0.25, 0.3) is 0 Å². The summed E-state index contributed by atoms with van der Waals surface area (Å²) in [4.78, 5) is 11.9. The molecule has 0 aromatic heterocycles. The highest BCUT2D eigenvalue weighted by Gasteiger charge is 2.05. The molecule has 0 bridgehead atoms. The molecule has 0 atom stereocenters. The molecule has 0 spiro atoms. The lowest BCUT2D eigenvalue weighted by atomic mass is 10.2. The van der Waals surface area contributed by atoms with Crippen LogP contribution in [0.2, 0.25) is 0 Å². The van der Waals surface area contributed by atoms with Crippen LogP contribution in [-0.2, 0) is 6.54 Å². The number of rotatable bonds is 3. The number of nitro groups is 1. The number of nitro benzene ring substituents is 1. The zero-order valence-corrected chi connectivity index (χ0v) is 7.65. The van der Waals surface area contributed by atoms with Gasteiger partial charge in [0.1, 0.15) is 0 Å². The van der Waals surface area contributed by atoms with E-state index in [4.69, 9.17) is 0 Å². The molecule has 1 aromatic rings. The fourth-order valence-corrected chi connectivity index (χ4v) is 1.07. The van der Waals surface area contributed by atoms with Gasteiger partial charge in [0.05, 0.1) is 11.0 Å². The summed E-state index contributed by atoms with van der Waals surface area (Å²) in [6, 6.07) is 7.51. The van der Waals surface area contributed by atoms with Crippen molar-refractivity contribution in [2.45, 2.75) is 6.54 Å². The molecule has 1 radical (unpaired) electrons. The van der Waals surface area contributed by atoms with Gasteiger partial charge in [0.15, 0.2) is 0 Å². The largest absolute Gasteiger partial charge is 0.305 e. The fraction of sp³-hybridized carbons (Fsp3) is 0.333. The molecule has 4 heteroatoms. The van der Waals surface area contributed by atoms with Crippen molar-refractivity contribution in [3.05, 3.63) is 39.9 Å². The summed E-state index contributed by atoms with van der Waals surface area (Å²) in [6.45, 7) is 0.704. The van der Waals surface area contributed by atoms with Gasteiger partial charge in [0.2, 0.25) is 0 Å². The topological polar surface area (TPSA) is 46.4 Å². The highest BCUT2D eigenvalue weighted by molar-refractivity contribution is 5.32. The summed E-state index contributed by atoms with van der Waals surface area (Å²) in [6.07, 6.45) is 0. The summed E-state index contributed by atoms with van der Waals surface area (Å²) >= 11 is 0. The Balaban J connectivity index is 2.85. The van der Waals surface area contributed by atoms with Crippen LogP contribution < -0.4 is 0 Å². The van der Waals surface area contributed by atoms with E-state index in [9.17, 15) is 10.1 Å². The van der Waals surface area contributed by atoms with E-state index >= 15 is 0 Å². The Morgan fingerprint density at radius 3 is 2.85 bits per heavy atom. The summed E-state index contributed by atoms with van der Waals surface area (Å²) in [5, 5.41) is 10.4. The molecule has 0 N–H and O–H groups in total. The molecule has 1 aromatic carbocycles. The number of hydrogen-bond donors (Lipinski definition) is 0. The van der Waals surface area contributed by atoms with Crippen molar-refractivity contribution in [1.82, 2.24) is 4.90 Å². The van der Waals surface area contributed by atoms with Crippen LogP contribution in [0, 0.1) is 16.2 Å². The zero-order chi connectivity index (χ0) is 9.84. The van der Waals surface area contributed by atoms with Gasteiger partial charge in [-0.3, -0.25) is 10.1 Å². The average Bonchev–Trinajstić information content (AvgIpc) is 2.03. The molecule has 4 nitrogen and oxygen atoms in total. The first-order chi connectivity index (χ1) is 6.09. The van der Waals surface area contributed by atoms with Crippen molar-refractivity contribution in [2.75, 3.05) is 14.1 Å². The van der Waals surface area contributed by atoms with E-state index in [1.165, 1.54) is 0 Å². The smallest absolute Gasteiger partial charge is 0.277 e. The standard InChI is InChI=1S/C9H11N2O2/c1-10(2)7-8-4-3-5-9(6-8)11(12)13/h3-4,6H,7H2,1-2H3. The first-order valence-electron chi connectivity index (χ1n) is 3.89. The first kappa shape index (κ1) is 9.67. The van der Waals surface area contributed by atoms with Gasteiger partial charge in [-0.25, -0.2) is 0 Å². The van der Waals surface area contributed by atoms with Crippen molar-refractivity contribution in [3.63, 3.8) is 0 Å². The van der Waals surface area contributed by atoms with Gasteiger partial charge in [0, 0.05) is 12.6 Å². The minimum absolute atomic E-state index is 0.0272. The minimum atomic E-state index is -0.431. The maximum Gasteiger partial charge on any atom is 0.277 e. The maximum absolute atomic E-state index is 10.4. The van der Waals surface area contributed by atoms with Gasteiger partial charge in [0.25, 0.3) is 5.69 Å². The van der Waals surface area contributed by atoms with Gasteiger partial charge in [-0.05, 0) is 25.7 Å². The Kier molecular flexibility index (Phi) is 2.97. The quantitative estimate of drug-likeness (QED) is 0.521. The van der Waals surface area contributed by atoms with Crippen molar-refractivity contribution >= 4 is 5.69 Å². The van der Waals surface area contributed by atoms with Crippen LogP contribution in [0.4, 0.5) is 5.69 Å². The van der Waals surface area contributed by atoms with Crippen LogP contribution in [0.15, 0.2) is 18.2 Å². The normalized spacial score (nSPS) is 10.4. The van der Waals surface area contributed by atoms with Gasteiger partial charge < -0.3 is 4.90 Å². The lowest BCUT2D eigenvalue weighted by Crippen LogP contribution is -2.10. The lowest BCUT2D eigenvalue weighted by molar-refractivity contribution is -0.385. The molecule has 0 fully saturated rings. The second-order valence-electron chi connectivity index (χ2n) is 3.08. The van der Waals surface area contributed by atoms with Gasteiger partial charge in [-0.1, -0.05) is 6.07 Å². The van der Waals surface area contributed by atoms with Crippen molar-refractivity contribution in [2.24, 2.45) is 0 Å². The zero-order valence-electron chi connectivity index (χ0n) is 7.65. The summed E-state index contributed by atoms with van der Waals surface area (Å²) in [7, 11) is 3.84. The molecular weight excluding hydrogens is 168 g/mol. The molecule has 0 aliphatic carbocycles. The molecule has 69 valence electrons. The predicted octanol–water partition coefficient (Wildman–Crippen LogP) is 1.46. The molecule has 1 rings (SSSR count). The highest BCUT2D eigenvalue weighted by Crippen LogP contribution is 2.12. The SMILES string of the molecule is CN(C)Cc1cc[c]c([N+](=O)[O-])c1. The van der Waals surface area contributed by atoms with Gasteiger partial charge in [-0.15, -0.1) is 0 Å². The summed E-state index contributed by atoms with van der Waals surface area (Å²) in [5.74, 6) is 0. The van der Waals surface area contributed by atoms with E-state index in [0.29, 0.717) is 6.54 Å². The molecular formula is C9H11N2O2. The van der Waals surface area contributed by atoms with Gasteiger partial charge >= 0.3 is 0 Å². The van der Waals surface area contributed by atoms with Crippen molar-refractivity contribution in [3.8, 4) is 0 Å². The molecule has 0 unspecified atom stereocenters. The fourth-order valence-electron chi connectivity index (χ4n) is 1.07. The Morgan fingerprint density at radius 2 is 2.31 bits per heavy atom. The maximum atomic E-state index is 10.4. The highest BCUT2D eigenvalue weighted by atomic mass is 16.6. The van der Waals surface area contributed by atoms with E-state index in [-0.39, 0.29) is 5.69 Å². The minimum Gasteiger partial charge on any atom is -0.305 e. The van der Waals surface area contributed by atoms with Crippen LogP contribution in [0.1, 0.15) is 5.56 Å². The Hall–Kier alpha value is -1.42. The molecule has 0 heterocycles. The number of non-ortho nitro benzene ring substituents is 1. The van der Waals surface area contributed by atoms with Crippen molar-refractivity contribution in [1.29, 1.82) is 0 Å². The second kappa shape index (κ2) is 4.00. The molecule has 0 saturated carbocycles. The van der Waals surface area contributed by atoms with Crippen LogP contribution in [-0.4, -0.2) is 23.9 Å². The Bertz CT molecular complexity index is 310. The number of nitrogens with zero attached hydrogens (tertiary/aromatic N) is 2. The Morgan fingerprint density at radius 1 is 1.62 bits per heavy atom. The van der Waals surface area contributed by atoms with Crippen LogP contribution >= 0.6 is 0 Å². The van der Waals surface area contributed by atoms with Crippen molar-refractivity contribution < 1.29 is 4.92 Å². The molecule has 0 amide bonds. The van der Waals surface area contributed by atoms with Crippen LogP contribution in [0.5, 0.6) is 0 Å². The van der Waals surface area contributed by atoms with E-state index in [0.717, 1.165) is 5.56 Å². The van der Waals surface area contributed by atoms with E-state index in [1.807, 2.05) is 25.1 Å².